The van der Waals surface area contributed by atoms with Gasteiger partial charge in [-0.1, -0.05) is 18.7 Å². The van der Waals surface area contributed by atoms with Crippen LogP contribution in [0.4, 0.5) is 0 Å². The molecule has 1 unspecified atom stereocenters. The number of carbonyl (C=O) groups is 1. The maximum atomic E-state index is 12.0. The minimum absolute atomic E-state index is 0.139. The van der Waals surface area contributed by atoms with E-state index in [0.29, 0.717) is 17.0 Å². The van der Waals surface area contributed by atoms with Crippen LogP contribution >= 0.6 is 11.8 Å². The Kier molecular flexibility index (Phi) is 6.03. The molecule has 0 spiro atoms. The molecule has 1 heterocycles. The molecule has 1 atom stereocenters. The van der Waals surface area contributed by atoms with Crippen molar-refractivity contribution in [3.63, 3.8) is 0 Å². The molecule has 1 aromatic rings. The Hall–Kier alpha value is -1.54. The van der Waals surface area contributed by atoms with Crippen molar-refractivity contribution in [2.45, 2.75) is 57.4 Å². The predicted molar refractivity (Wildman–Crippen MR) is 79.6 cm³/mol. The molecule has 20 heavy (non-hydrogen) atoms. The molecule has 0 radical (unpaired) electrons. The monoisotopic (exact) mass is 292 g/mol. The van der Waals surface area contributed by atoms with Gasteiger partial charge in [-0.15, -0.1) is 0 Å². The normalized spacial score (nSPS) is 12.1. The summed E-state index contributed by atoms with van der Waals surface area (Å²) in [5.74, 6) is -0.252. The lowest BCUT2D eigenvalue weighted by molar-refractivity contribution is -0.146. The van der Waals surface area contributed by atoms with E-state index in [4.69, 9.17) is 4.74 Å². The zero-order valence-electron chi connectivity index (χ0n) is 12.6. The summed E-state index contributed by atoms with van der Waals surface area (Å²) in [4.78, 5) is 16.4. The Morgan fingerprint density at radius 2 is 2.15 bits per heavy atom. The van der Waals surface area contributed by atoms with Gasteiger partial charge in [0.2, 0.25) is 0 Å². The number of aromatic nitrogens is 1. The lowest BCUT2D eigenvalue weighted by Crippen LogP contribution is -2.23. The number of pyridine rings is 1. The number of nitriles is 1. The molecular weight excluding hydrogens is 272 g/mol. The molecule has 5 heteroatoms. The third-order valence-corrected chi connectivity index (χ3v) is 3.99. The third kappa shape index (κ3) is 4.24. The first-order valence-electron chi connectivity index (χ1n) is 6.64. The second kappa shape index (κ2) is 7.30. The summed E-state index contributed by atoms with van der Waals surface area (Å²) < 4.78 is 5.24. The second-order valence-electron chi connectivity index (χ2n) is 4.87. The molecule has 0 aliphatic rings. The van der Waals surface area contributed by atoms with E-state index in [2.05, 4.69) is 11.1 Å². The number of ether oxygens (including phenoxy) is 1. The lowest BCUT2D eigenvalue weighted by Gasteiger charge is -2.16. The summed E-state index contributed by atoms with van der Waals surface area (Å²) in [7, 11) is 0. The molecule has 108 valence electrons. The van der Waals surface area contributed by atoms with Gasteiger partial charge < -0.3 is 4.74 Å². The van der Waals surface area contributed by atoms with Crippen molar-refractivity contribution in [3.8, 4) is 6.07 Å². The second-order valence-corrected chi connectivity index (χ2v) is 6.06. The molecule has 0 aromatic carbocycles. The van der Waals surface area contributed by atoms with Gasteiger partial charge in [-0.2, -0.15) is 5.26 Å². The zero-order chi connectivity index (χ0) is 15.3. The molecule has 0 N–H and O–H groups in total. The smallest absolute Gasteiger partial charge is 0.319 e. The summed E-state index contributed by atoms with van der Waals surface area (Å²) in [6.07, 6.45) is 0.496. The molecule has 0 amide bonds. The highest BCUT2D eigenvalue weighted by Gasteiger charge is 2.23. The average Bonchev–Trinajstić information content (AvgIpc) is 2.34. The Morgan fingerprint density at radius 1 is 1.50 bits per heavy atom. The van der Waals surface area contributed by atoms with Crippen LogP contribution in [0.15, 0.2) is 11.1 Å². The summed E-state index contributed by atoms with van der Waals surface area (Å²) in [5.41, 5.74) is 2.27. The van der Waals surface area contributed by atoms with Gasteiger partial charge >= 0.3 is 5.97 Å². The van der Waals surface area contributed by atoms with Crippen molar-refractivity contribution in [2.24, 2.45) is 0 Å². The first-order valence-corrected chi connectivity index (χ1v) is 7.52. The fraction of sp³-hybridized carbons (Fsp3) is 0.533. The van der Waals surface area contributed by atoms with Gasteiger partial charge in [-0.3, -0.25) is 4.79 Å². The third-order valence-electron chi connectivity index (χ3n) is 2.66. The van der Waals surface area contributed by atoms with Crippen LogP contribution in [0.2, 0.25) is 0 Å². The first kappa shape index (κ1) is 16.5. The minimum atomic E-state index is -0.335. The van der Waals surface area contributed by atoms with Crippen LogP contribution in [0.1, 0.15) is 44.0 Å². The van der Waals surface area contributed by atoms with Crippen LogP contribution in [-0.4, -0.2) is 22.3 Å². The van der Waals surface area contributed by atoms with Gasteiger partial charge in [0.1, 0.15) is 16.3 Å². The average molecular weight is 292 g/mol. The maximum Gasteiger partial charge on any atom is 0.319 e. The standard InChI is InChI=1S/C15H20N2O2S/c1-6-13(15(18)19-9(2)3)20-14-12(8-16)10(4)7-11(5)17-14/h7,9,13H,6H2,1-5H3. The maximum absolute atomic E-state index is 12.0. The minimum Gasteiger partial charge on any atom is -0.462 e. The largest absolute Gasteiger partial charge is 0.462 e. The lowest BCUT2D eigenvalue weighted by atomic mass is 10.1. The van der Waals surface area contributed by atoms with E-state index in [1.165, 1.54) is 11.8 Å². The SMILES string of the molecule is CCC(Sc1nc(C)cc(C)c1C#N)C(=O)OC(C)C. The van der Waals surface area contributed by atoms with Crippen molar-refractivity contribution in [1.82, 2.24) is 4.98 Å². The fourth-order valence-electron chi connectivity index (χ4n) is 1.76. The van der Waals surface area contributed by atoms with Crippen molar-refractivity contribution < 1.29 is 9.53 Å². The number of hydrogen-bond donors (Lipinski definition) is 0. The highest BCUT2D eigenvalue weighted by atomic mass is 32.2. The van der Waals surface area contributed by atoms with Gasteiger partial charge in [0.05, 0.1) is 11.7 Å². The Balaban J connectivity index is 3.01. The predicted octanol–water partition coefficient (Wildman–Crippen LogP) is 3.39. The van der Waals surface area contributed by atoms with Crippen LogP contribution in [-0.2, 0) is 9.53 Å². The van der Waals surface area contributed by atoms with Crippen molar-refractivity contribution in [3.05, 3.63) is 22.9 Å². The topological polar surface area (TPSA) is 63.0 Å². The number of aryl methyl sites for hydroxylation is 2. The van der Waals surface area contributed by atoms with Gasteiger partial charge in [-0.25, -0.2) is 4.98 Å². The summed E-state index contributed by atoms with van der Waals surface area (Å²) >= 11 is 1.31. The molecule has 0 fully saturated rings. The van der Waals surface area contributed by atoms with Crippen LogP contribution in [0, 0.1) is 25.2 Å². The Morgan fingerprint density at radius 3 is 2.65 bits per heavy atom. The summed E-state index contributed by atoms with van der Waals surface area (Å²) in [5, 5.41) is 9.51. The number of rotatable bonds is 5. The van der Waals surface area contributed by atoms with Gasteiger partial charge in [0, 0.05) is 5.69 Å². The van der Waals surface area contributed by atoms with E-state index in [1.54, 1.807) is 0 Å². The van der Waals surface area contributed by atoms with Crippen LogP contribution in [0.25, 0.3) is 0 Å². The van der Waals surface area contributed by atoms with Crippen LogP contribution in [0.5, 0.6) is 0 Å². The highest BCUT2D eigenvalue weighted by Crippen LogP contribution is 2.29. The van der Waals surface area contributed by atoms with E-state index in [1.807, 2.05) is 40.7 Å². The summed E-state index contributed by atoms with van der Waals surface area (Å²) in [6, 6.07) is 4.04. The van der Waals surface area contributed by atoms with Gasteiger partial charge in [-0.05, 0) is 45.7 Å². The van der Waals surface area contributed by atoms with Gasteiger partial charge in [0.15, 0.2) is 0 Å². The number of thioether (sulfide) groups is 1. The Bertz CT molecular complexity index is 535. The molecule has 1 aromatic heterocycles. The summed E-state index contributed by atoms with van der Waals surface area (Å²) in [6.45, 7) is 9.33. The highest BCUT2D eigenvalue weighted by molar-refractivity contribution is 8.00. The Labute approximate surface area is 124 Å². The van der Waals surface area contributed by atoms with E-state index < -0.39 is 0 Å². The molecular formula is C15H20N2O2S. The zero-order valence-corrected chi connectivity index (χ0v) is 13.4. The number of hydrogen-bond acceptors (Lipinski definition) is 5. The van der Waals surface area contributed by atoms with Crippen molar-refractivity contribution >= 4 is 17.7 Å². The van der Waals surface area contributed by atoms with Gasteiger partial charge in [0.25, 0.3) is 0 Å². The van der Waals surface area contributed by atoms with E-state index in [9.17, 15) is 10.1 Å². The number of carbonyl (C=O) groups excluding carboxylic acids is 1. The van der Waals surface area contributed by atoms with E-state index in [0.717, 1.165) is 11.3 Å². The fourth-order valence-corrected chi connectivity index (χ4v) is 2.87. The van der Waals surface area contributed by atoms with Crippen LogP contribution in [0.3, 0.4) is 0 Å². The van der Waals surface area contributed by atoms with Crippen LogP contribution < -0.4 is 0 Å². The number of esters is 1. The molecule has 4 nitrogen and oxygen atoms in total. The molecule has 0 saturated heterocycles. The number of nitrogens with zero attached hydrogens (tertiary/aromatic N) is 2. The molecule has 0 aliphatic carbocycles. The van der Waals surface area contributed by atoms with Crippen molar-refractivity contribution in [2.75, 3.05) is 0 Å². The quantitative estimate of drug-likeness (QED) is 0.615. The molecule has 0 bridgehead atoms. The molecule has 0 saturated carbocycles. The van der Waals surface area contributed by atoms with E-state index >= 15 is 0 Å². The first-order chi connectivity index (χ1) is 9.38. The molecule has 1 rings (SSSR count). The van der Waals surface area contributed by atoms with Crippen molar-refractivity contribution in [1.29, 1.82) is 5.26 Å². The van der Waals surface area contributed by atoms with E-state index in [-0.39, 0.29) is 17.3 Å². The molecule has 0 aliphatic heterocycles.